The number of carbonyl (C=O) groups is 1. The Morgan fingerprint density at radius 1 is 1.38 bits per heavy atom. The van der Waals surface area contributed by atoms with Crippen LogP contribution in [0, 0.1) is 0 Å². The van der Waals surface area contributed by atoms with E-state index in [1.807, 2.05) is 13.8 Å². The summed E-state index contributed by atoms with van der Waals surface area (Å²) in [6, 6.07) is -0.187. The molecule has 1 aromatic heterocycles. The fourth-order valence-corrected chi connectivity index (χ4v) is 4.55. The number of hydrogen-bond acceptors (Lipinski definition) is 9. The standard InChI is InChI=1S/C18H27ClN4O5S/c1-4-7-29-17-22-15(19)12(20-9-25)16(23-17)21-10-8-11(26-6-5-24)14-13(10)27-18(2,3)28-14/h9-11,13-14,24H,4-8H2,1-3H3,(H,20,25)(H,21,22,23)/t10-,11+,13+,14-/m1/s1. The second-order valence-corrected chi connectivity index (χ2v) is 8.74. The molecule has 0 unspecified atom stereocenters. The summed E-state index contributed by atoms with van der Waals surface area (Å²) in [5, 5.41) is 15.7. The molecule has 0 radical (unpaired) electrons. The zero-order valence-electron chi connectivity index (χ0n) is 16.7. The van der Waals surface area contributed by atoms with Gasteiger partial charge in [0.15, 0.2) is 21.9 Å². The predicted molar refractivity (Wildman–Crippen MR) is 110 cm³/mol. The average molecular weight is 447 g/mol. The molecule has 0 spiro atoms. The van der Waals surface area contributed by atoms with E-state index < -0.39 is 5.79 Å². The molecule has 1 amide bonds. The van der Waals surface area contributed by atoms with Gasteiger partial charge < -0.3 is 30.0 Å². The van der Waals surface area contributed by atoms with Gasteiger partial charge in [-0.3, -0.25) is 4.79 Å². The molecule has 1 aliphatic carbocycles. The van der Waals surface area contributed by atoms with Crippen LogP contribution in [0.15, 0.2) is 5.16 Å². The van der Waals surface area contributed by atoms with Crippen LogP contribution in [0.1, 0.15) is 33.6 Å². The van der Waals surface area contributed by atoms with Gasteiger partial charge in [-0.25, -0.2) is 9.97 Å². The predicted octanol–water partition coefficient (Wildman–Crippen LogP) is 2.28. The monoisotopic (exact) mass is 446 g/mol. The van der Waals surface area contributed by atoms with E-state index in [4.69, 9.17) is 30.9 Å². The Balaban J connectivity index is 1.85. The number of thioether (sulfide) groups is 1. The lowest BCUT2D eigenvalue weighted by atomic mass is 10.2. The molecule has 1 saturated carbocycles. The second-order valence-electron chi connectivity index (χ2n) is 7.32. The minimum Gasteiger partial charge on any atom is -0.394 e. The summed E-state index contributed by atoms with van der Waals surface area (Å²) in [6.45, 7) is 5.93. The normalized spacial score (nSPS) is 27.6. The van der Waals surface area contributed by atoms with Crippen molar-refractivity contribution in [2.45, 2.75) is 68.9 Å². The van der Waals surface area contributed by atoms with Crippen LogP contribution >= 0.6 is 23.4 Å². The summed E-state index contributed by atoms with van der Waals surface area (Å²) in [5.74, 6) is 0.536. The Labute approximate surface area is 179 Å². The third-order valence-corrected chi connectivity index (χ3v) is 5.97. The number of ether oxygens (including phenoxy) is 3. The molecule has 2 aliphatic rings. The SMILES string of the molecule is CCCSc1nc(Cl)c(NC=O)c(N[C@@H]2C[C@H](OCCO)[C@H]3OC(C)(C)O[C@H]32)n1. The lowest BCUT2D eigenvalue weighted by molar-refractivity contribution is -0.167. The lowest BCUT2D eigenvalue weighted by Crippen LogP contribution is -2.35. The van der Waals surface area contributed by atoms with Crippen LogP contribution in [0.5, 0.6) is 0 Å². The van der Waals surface area contributed by atoms with Gasteiger partial charge in [0, 0.05) is 5.75 Å². The van der Waals surface area contributed by atoms with E-state index in [0.717, 1.165) is 12.2 Å². The number of hydrogen-bond donors (Lipinski definition) is 3. The number of amides is 1. The van der Waals surface area contributed by atoms with Crippen molar-refractivity contribution in [3.8, 4) is 0 Å². The number of nitrogens with one attached hydrogen (secondary N) is 2. The Bertz CT molecular complexity index is 726. The molecule has 0 bridgehead atoms. The summed E-state index contributed by atoms with van der Waals surface area (Å²) >= 11 is 7.79. The first-order valence-corrected chi connectivity index (χ1v) is 11.0. The van der Waals surface area contributed by atoms with Gasteiger partial charge in [-0.05, 0) is 26.7 Å². The van der Waals surface area contributed by atoms with Crippen molar-refractivity contribution in [2.75, 3.05) is 29.6 Å². The molecular weight excluding hydrogens is 420 g/mol. The maximum Gasteiger partial charge on any atom is 0.211 e. The second kappa shape index (κ2) is 9.76. The van der Waals surface area contributed by atoms with Gasteiger partial charge in [0.05, 0.1) is 25.4 Å². The molecule has 0 aromatic carbocycles. The molecule has 9 nitrogen and oxygen atoms in total. The summed E-state index contributed by atoms with van der Waals surface area (Å²) < 4.78 is 17.9. The van der Waals surface area contributed by atoms with Crippen molar-refractivity contribution >= 4 is 41.3 Å². The average Bonchev–Trinajstić information content (AvgIpc) is 3.14. The summed E-state index contributed by atoms with van der Waals surface area (Å²) in [4.78, 5) is 19.9. The lowest BCUT2D eigenvalue weighted by Gasteiger charge is -2.25. The third-order valence-electron chi connectivity index (χ3n) is 4.64. The Kier molecular flexibility index (Phi) is 7.58. The van der Waals surface area contributed by atoms with Crippen LogP contribution in [-0.4, -0.2) is 70.6 Å². The van der Waals surface area contributed by atoms with Gasteiger partial charge in [0.25, 0.3) is 0 Å². The maximum absolute atomic E-state index is 11.1. The van der Waals surface area contributed by atoms with Crippen molar-refractivity contribution in [1.82, 2.24) is 9.97 Å². The van der Waals surface area contributed by atoms with Gasteiger partial charge in [-0.2, -0.15) is 0 Å². The highest BCUT2D eigenvalue weighted by atomic mass is 35.5. The van der Waals surface area contributed by atoms with Crippen molar-refractivity contribution in [3.05, 3.63) is 5.15 Å². The number of anilines is 2. The largest absolute Gasteiger partial charge is 0.394 e. The highest BCUT2D eigenvalue weighted by molar-refractivity contribution is 7.99. The zero-order valence-corrected chi connectivity index (χ0v) is 18.3. The quantitative estimate of drug-likeness (QED) is 0.215. The van der Waals surface area contributed by atoms with Crippen LogP contribution in [0.4, 0.5) is 11.5 Å². The number of aliphatic hydroxyl groups excluding tert-OH is 1. The van der Waals surface area contributed by atoms with E-state index in [2.05, 4.69) is 27.5 Å². The van der Waals surface area contributed by atoms with Crippen LogP contribution in [0.25, 0.3) is 0 Å². The molecule has 162 valence electrons. The summed E-state index contributed by atoms with van der Waals surface area (Å²) in [7, 11) is 0. The highest BCUT2D eigenvalue weighted by Crippen LogP contribution is 2.41. The summed E-state index contributed by atoms with van der Waals surface area (Å²) in [6.07, 6.45) is 1.31. The van der Waals surface area contributed by atoms with Gasteiger partial charge >= 0.3 is 0 Å². The van der Waals surface area contributed by atoms with Crippen molar-refractivity contribution in [1.29, 1.82) is 0 Å². The molecule has 3 N–H and O–H groups in total. The van der Waals surface area contributed by atoms with E-state index in [1.54, 1.807) is 0 Å². The molecule has 2 heterocycles. The van der Waals surface area contributed by atoms with Gasteiger partial charge in [-0.15, -0.1) is 0 Å². The first kappa shape index (κ1) is 22.5. The number of aliphatic hydroxyl groups is 1. The maximum atomic E-state index is 11.1. The molecule has 1 aromatic rings. The summed E-state index contributed by atoms with van der Waals surface area (Å²) in [5.41, 5.74) is 0.317. The molecular formula is C18H27ClN4O5S. The number of rotatable bonds is 10. The molecule has 2 fully saturated rings. The van der Waals surface area contributed by atoms with Crippen LogP contribution < -0.4 is 10.6 Å². The van der Waals surface area contributed by atoms with Crippen molar-refractivity contribution in [3.63, 3.8) is 0 Å². The topological polar surface area (TPSA) is 115 Å². The minimum absolute atomic E-state index is 0.0663. The van der Waals surface area contributed by atoms with Crippen LogP contribution in [0.3, 0.4) is 0 Å². The molecule has 29 heavy (non-hydrogen) atoms. The Hall–Kier alpha value is -1.17. The van der Waals surface area contributed by atoms with Crippen molar-refractivity contribution < 1.29 is 24.1 Å². The van der Waals surface area contributed by atoms with E-state index in [9.17, 15) is 4.79 Å². The van der Waals surface area contributed by atoms with E-state index in [-0.39, 0.29) is 42.7 Å². The van der Waals surface area contributed by atoms with Crippen LogP contribution in [0.2, 0.25) is 5.15 Å². The highest BCUT2D eigenvalue weighted by Gasteiger charge is 2.54. The van der Waals surface area contributed by atoms with Gasteiger partial charge in [0.1, 0.15) is 17.9 Å². The first-order chi connectivity index (χ1) is 13.9. The number of fused-ring (bicyclic) bond motifs is 1. The van der Waals surface area contributed by atoms with Gasteiger partial charge in [-0.1, -0.05) is 30.3 Å². The molecule has 1 saturated heterocycles. The minimum atomic E-state index is -0.744. The number of carbonyl (C=O) groups excluding carboxylic acids is 1. The van der Waals surface area contributed by atoms with Crippen LogP contribution in [-0.2, 0) is 19.0 Å². The molecule has 4 atom stereocenters. The fraction of sp³-hybridized carbons (Fsp3) is 0.722. The van der Waals surface area contributed by atoms with E-state index >= 15 is 0 Å². The van der Waals surface area contributed by atoms with Crippen molar-refractivity contribution in [2.24, 2.45) is 0 Å². The third kappa shape index (κ3) is 5.31. The fourth-order valence-electron chi connectivity index (χ4n) is 3.58. The Morgan fingerprint density at radius 2 is 2.14 bits per heavy atom. The smallest absolute Gasteiger partial charge is 0.211 e. The number of halogens is 1. The molecule has 11 heteroatoms. The first-order valence-electron chi connectivity index (χ1n) is 9.63. The number of nitrogens with zero attached hydrogens (tertiary/aromatic N) is 2. The van der Waals surface area contributed by atoms with E-state index in [1.165, 1.54) is 11.8 Å². The molecule has 1 aliphatic heterocycles. The van der Waals surface area contributed by atoms with E-state index in [0.29, 0.717) is 29.5 Å². The number of aromatic nitrogens is 2. The Morgan fingerprint density at radius 3 is 2.83 bits per heavy atom. The zero-order chi connectivity index (χ0) is 21.0. The molecule has 3 rings (SSSR count). The van der Waals surface area contributed by atoms with Gasteiger partial charge in [0.2, 0.25) is 6.41 Å².